The minimum Gasteiger partial charge on any atom is -0.378 e. The monoisotopic (exact) mass is 236 g/mol. The van der Waals surface area contributed by atoms with Gasteiger partial charge >= 0.3 is 0 Å². The Morgan fingerprint density at radius 2 is 2.27 bits per heavy atom. The summed E-state index contributed by atoms with van der Waals surface area (Å²) in [6.07, 6.45) is 2.46. The second-order valence-corrected chi connectivity index (χ2v) is 3.91. The Morgan fingerprint density at radius 3 is 2.87 bits per heavy atom. The molecule has 2 atom stereocenters. The van der Waals surface area contributed by atoms with E-state index in [1.807, 2.05) is 0 Å². The van der Waals surface area contributed by atoms with Crippen molar-refractivity contribution in [2.24, 2.45) is 5.92 Å². The summed E-state index contributed by atoms with van der Waals surface area (Å²) in [5.74, 6) is 0.659. The standard InChI is InChI=1S/C10H20N2O2.ClH/c1-8-5-9(3-4-14-8)6-12-10(13)7-11-2;/h8-9,11H,3-7H2,1-2H3,(H,12,13);1H. The summed E-state index contributed by atoms with van der Waals surface area (Å²) in [5.41, 5.74) is 0. The maximum atomic E-state index is 11.2. The smallest absolute Gasteiger partial charge is 0.233 e. The predicted octanol–water partition coefficient (Wildman–Crippen LogP) is 0.559. The first-order chi connectivity index (χ1) is 6.72. The number of rotatable bonds is 4. The number of likely N-dealkylation sites (N-methyl/N-ethyl adjacent to an activating group) is 1. The normalized spacial score (nSPS) is 25.5. The van der Waals surface area contributed by atoms with E-state index in [1.165, 1.54) is 0 Å². The maximum Gasteiger partial charge on any atom is 0.233 e. The number of halogens is 1. The Hall–Kier alpha value is -0.320. The number of nitrogens with one attached hydrogen (secondary N) is 2. The molecule has 0 radical (unpaired) electrons. The van der Waals surface area contributed by atoms with Crippen LogP contribution >= 0.6 is 12.4 Å². The third-order valence-electron chi connectivity index (χ3n) is 2.52. The van der Waals surface area contributed by atoms with Crippen LogP contribution in [-0.4, -0.2) is 38.8 Å². The molecule has 1 aliphatic heterocycles. The van der Waals surface area contributed by atoms with Crippen molar-refractivity contribution < 1.29 is 9.53 Å². The molecule has 1 aliphatic rings. The summed E-state index contributed by atoms with van der Waals surface area (Å²) in [7, 11) is 1.77. The first-order valence-electron chi connectivity index (χ1n) is 5.25. The van der Waals surface area contributed by atoms with Crippen LogP contribution in [0.1, 0.15) is 19.8 Å². The van der Waals surface area contributed by atoms with Crippen LogP contribution in [0.3, 0.4) is 0 Å². The number of amides is 1. The van der Waals surface area contributed by atoms with Crippen molar-refractivity contribution in [3.63, 3.8) is 0 Å². The van der Waals surface area contributed by atoms with Gasteiger partial charge in [0, 0.05) is 13.2 Å². The molecule has 15 heavy (non-hydrogen) atoms. The lowest BCUT2D eigenvalue weighted by Gasteiger charge is -2.27. The molecule has 1 heterocycles. The SMILES string of the molecule is CNCC(=O)NCC1CCOC(C)C1.Cl. The van der Waals surface area contributed by atoms with Gasteiger partial charge in [0.15, 0.2) is 0 Å². The van der Waals surface area contributed by atoms with Gasteiger partial charge in [-0.1, -0.05) is 0 Å². The minimum absolute atomic E-state index is 0. The molecule has 5 heteroatoms. The van der Waals surface area contributed by atoms with Gasteiger partial charge in [0.1, 0.15) is 0 Å². The molecule has 0 aliphatic carbocycles. The minimum atomic E-state index is 0. The van der Waals surface area contributed by atoms with Crippen LogP contribution in [0, 0.1) is 5.92 Å². The number of carbonyl (C=O) groups excluding carboxylic acids is 1. The van der Waals surface area contributed by atoms with Crippen molar-refractivity contribution in [3.05, 3.63) is 0 Å². The summed E-state index contributed by atoms with van der Waals surface area (Å²) < 4.78 is 5.44. The van der Waals surface area contributed by atoms with Gasteiger partial charge in [0.25, 0.3) is 0 Å². The van der Waals surface area contributed by atoms with E-state index in [4.69, 9.17) is 4.74 Å². The highest BCUT2D eigenvalue weighted by Gasteiger charge is 2.19. The van der Waals surface area contributed by atoms with Crippen LogP contribution in [0.2, 0.25) is 0 Å². The number of ether oxygens (including phenoxy) is 1. The van der Waals surface area contributed by atoms with E-state index in [1.54, 1.807) is 7.05 Å². The van der Waals surface area contributed by atoms with E-state index in [2.05, 4.69) is 17.6 Å². The zero-order valence-electron chi connectivity index (χ0n) is 9.41. The Kier molecular flexibility index (Phi) is 7.74. The summed E-state index contributed by atoms with van der Waals surface area (Å²) in [5, 5.41) is 5.74. The lowest BCUT2D eigenvalue weighted by Crippen LogP contribution is -2.37. The van der Waals surface area contributed by atoms with Gasteiger partial charge in [-0.3, -0.25) is 4.79 Å². The maximum absolute atomic E-state index is 11.2. The van der Waals surface area contributed by atoms with Gasteiger partial charge in [-0.25, -0.2) is 0 Å². The summed E-state index contributed by atoms with van der Waals surface area (Å²) >= 11 is 0. The molecule has 2 N–H and O–H groups in total. The van der Waals surface area contributed by atoms with Crippen molar-refractivity contribution in [2.75, 3.05) is 26.7 Å². The first-order valence-corrected chi connectivity index (χ1v) is 5.25. The molecule has 0 aromatic carbocycles. The lowest BCUT2D eigenvalue weighted by atomic mass is 9.96. The molecule has 0 saturated carbocycles. The highest BCUT2D eigenvalue weighted by atomic mass is 35.5. The fraction of sp³-hybridized carbons (Fsp3) is 0.900. The predicted molar refractivity (Wildman–Crippen MR) is 62.3 cm³/mol. The van der Waals surface area contributed by atoms with E-state index < -0.39 is 0 Å². The molecular formula is C10H21ClN2O2. The third kappa shape index (κ3) is 5.97. The molecule has 1 amide bonds. The molecule has 0 aromatic heterocycles. The molecule has 2 unspecified atom stereocenters. The molecule has 4 nitrogen and oxygen atoms in total. The van der Waals surface area contributed by atoms with Gasteiger partial charge in [-0.05, 0) is 32.7 Å². The molecule has 0 bridgehead atoms. The van der Waals surface area contributed by atoms with E-state index in [9.17, 15) is 4.79 Å². The van der Waals surface area contributed by atoms with E-state index in [0.717, 1.165) is 26.0 Å². The lowest BCUT2D eigenvalue weighted by molar-refractivity contribution is -0.120. The molecule has 90 valence electrons. The van der Waals surface area contributed by atoms with Crippen molar-refractivity contribution in [3.8, 4) is 0 Å². The van der Waals surface area contributed by atoms with Gasteiger partial charge in [0.2, 0.25) is 5.91 Å². The van der Waals surface area contributed by atoms with Gasteiger partial charge in [0.05, 0.1) is 12.6 Å². The number of hydrogen-bond donors (Lipinski definition) is 2. The zero-order chi connectivity index (χ0) is 10.4. The largest absolute Gasteiger partial charge is 0.378 e. The zero-order valence-corrected chi connectivity index (χ0v) is 10.2. The molecule has 0 spiro atoms. The van der Waals surface area contributed by atoms with Crippen LogP contribution < -0.4 is 10.6 Å². The van der Waals surface area contributed by atoms with Crippen molar-refractivity contribution in [1.29, 1.82) is 0 Å². The van der Waals surface area contributed by atoms with Crippen LogP contribution in [0.5, 0.6) is 0 Å². The van der Waals surface area contributed by atoms with Gasteiger partial charge in [-0.2, -0.15) is 0 Å². The average molecular weight is 237 g/mol. The van der Waals surface area contributed by atoms with Crippen molar-refractivity contribution >= 4 is 18.3 Å². The van der Waals surface area contributed by atoms with E-state index in [0.29, 0.717) is 18.6 Å². The van der Waals surface area contributed by atoms with Gasteiger partial charge < -0.3 is 15.4 Å². The Morgan fingerprint density at radius 1 is 1.53 bits per heavy atom. The van der Waals surface area contributed by atoms with Gasteiger partial charge in [-0.15, -0.1) is 12.4 Å². The van der Waals surface area contributed by atoms with Crippen LogP contribution in [0.25, 0.3) is 0 Å². The number of carbonyl (C=O) groups is 1. The van der Waals surface area contributed by atoms with Crippen LogP contribution in [0.4, 0.5) is 0 Å². The topological polar surface area (TPSA) is 50.4 Å². The van der Waals surface area contributed by atoms with Crippen LogP contribution in [0.15, 0.2) is 0 Å². The molecular weight excluding hydrogens is 216 g/mol. The Bertz CT molecular complexity index is 190. The summed E-state index contributed by atoms with van der Waals surface area (Å²) in [4.78, 5) is 11.2. The fourth-order valence-electron chi connectivity index (χ4n) is 1.76. The average Bonchev–Trinajstić information content (AvgIpc) is 2.15. The number of hydrogen-bond acceptors (Lipinski definition) is 3. The van der Waals surface area contributed by atoms with E-state index >= 15 is 0 Å². The van der Waals surface area contributed by atoms with Crippen LogP contribution in [-0.2, 0) is 9.53 Å². The summed E-state index contributed by atoms with van der Waals surface area (Å²) in [6, 6.07) is 0. The fourth-order valence-corrected chi connectivity index (χ4v) is 1.76. The third-order valence-corrected chi connectivity index (χ3v) is 2.52. The van der Waals surface area contributed by atoms with Crippen molar-refractivity contribution in [1.82, 2.24) is 10.6 Å². The Labute approximate surface area is 97.5 Å². The Balaban J connectivity index is 0.00000196. The van der Waals surface area contributed by atoms with Crippen molar-refractivity contribution in [2.45, 2.75) is 25.9 Å². The quantitative estimate of drug-likeness (QED) is 0.750. The second-order valence-electron chi connectivity index (χ2n) is 3.91. The highest BCUT2D eigenvalue weighted by molar-refractivity contribution is 5.85. The second kappa shape index (κ2) is 7.91. The van der Waals surface area contributed by atoms with E-state index in [-0.39, 0.29) is 18.3 Å². The molecule has 1 rings (SSSR count). The first kappa shape index (κ1) is 14.7. The molecule has 0 aromatic rings. The highest BCUT2D eigenvalue weighted by Crippen LogP contribution is 2.18. The molecule has 1 saturated heterocycles. The molecule has 1 fully saturated rings. The summed E-state index contributed by atoms with van der Waals surface area (Å²) in [6.45, 7) is 4.10.